The molecule has 0 spiro atoms. The van der Waals surface area contributed by atoms with Crippen LogP contribution in [-0.2, 0) is 12.6 Å². The standard InChI is InChI=1S/C16H18F3N/c17-16(18,19)14-7-3-6-13-12(10-20-15(13)14)9-8-11-4-1-2-5-11/h3,6-7,10-11,20H,1-2,4-5,8-9H2. The van der Waals surface area contributed by atoms with Gasteiger partial charge in [0, 0.05) is 11.6 Å². The summed E-state index contributed by atoms with van der Waals surface area (Å²) in [6, 6.07) is 4.42. The Labute approximate surface area is 116 Å². The van der Waals surface area contributed by atoms with Gasteiger partial charge in [-0.15, -0.1) is 0 Å². The van der Waals surface area contributed by atoms with Gasteiger partial charge < -0.3 is 4.98 Å². The van der Waals surface area contributed by atoms with Gasteiger partial charge >= 0.3 is 6.18 Å². The maximum absolute atomic E-state index is 12.9. The number of aryl methyl sites for hydroxylation is 1. The molecule has 1 aliphatic carbocycles. The Morgan fingerprint density at radius 1 is 1.15 bits per heavy atom. The average Bonchev–Trinajstić information content (AvgIpc) is 3.04. The Kier molecular flexibility index (Phi) is 3.48. The molecule has 1 heterocycles. The highest BCUT2D eigenvalue weighted by molar-refractivity contribution is 5.86. The van der Waals surface area contributed by atoms with Crippen molar-refractivity contribution in [3.63, 3.8) is 0 Å². The van der Waals surface area contributed by atoms with Crippen LogP contribution in [0.4, 0.5) is 13.2 Å². The zero-order valence-corrected chi connectivity index (χ0v) is 11.3. The van der Waals surface area contributed by atoms with E-state index in [0.29, 0.717) is 0 Å². The van der Waals surface area contributed by atoms with Crippen LogP contribution in [0.3, 0.4) is 0 Å². The van der Waals surface area contributed by atoms with Crippen molar-refractivity contribution >= 4 is 10.9 Å². The highest BCUT2D eigenvalue weighted by Gasteiger charge is 2.33. The Bertz CT molecular complexity index is 591. The fourth-order valence-corrected chi connectivity index (χ4v) is 3.31. The van der Waals surface area contributed by atoms with Crippen LogP contribution in [0, 0.1) is 5.92 Å². The number of hydrogen-bond acceptors (Lipinski definition) is 0. The van der Waals surface area contributed by atoms with Crippen molar-refractivity contribution in [2.24, 2.45) is 5.92 Å². The number of nitrogens with one attached hydrogen (secondary N) is 1. The van der Waals surface area contributed by atoms with Gasteiger partial charge in [-0.3, -0.25) is 0 Å². The second-order valence-electron chi connectivity index (χ2n) is 5.73. The van der Waals surface area contributed by atoms with Gasteiger partial charge in [0.25, 0.3) is 0 Å². The number of aromatic nitrogens is 1. The van der Waals surface area contributed by atoms with Gasteiger partial charge in [-0.05, 0) is 30.4 Å². The first-order valence-electron chi connectivity index (χ1n) is 7.22. The molecule has 1 aromatic heterocycles. The van der Waals surface area contributed by atoms with E-state index in [9.17, 15) is 13.2 Å². The largest absolute Gasteiger partial charge is 0.418 e. The topological polar surface area (TPSA) is 15.8 Å². The van der Waals surface area contributed by atoms with E-state index in [0.717, 1.165) is 35.8 Å². The summed E-state index contributed by atoms with van der Waals surface area (Å²) in [5.74, 6) is 0.755. The molecule has 1 fully saturated rings. The molecular formula is C16H18F3N. The molecule has 0 aliphatic heterocycles. The first-order chi connectivity index (χ1) is 9.55. The van der Waals surface area contributed by atoms with Gasteiger partial charge in [-0.2, -0.15) is 13.2 Å². The fourth-order valence-electron chi connectivity index (χ4n) is 3.31. The molecule has 4 heteroatoms. The lowest BCUT2D eigenvalue weighted by molar-refractivity contribution is -0.136. The molecule has 1 aromatic carbocycles. The van der Waals surface area contributed by atoms with E-state index < -0.39 is 11.7 Å². The zero-order valence-electron chi connectivity index (χ0n) is 11.3. The SMILES string of the molecule is FC(F)(F)c1cccc2c(CCC3CCCC3)c[nH]c12. The molecule has 2 aromatic rings. The predicted molar refractivity (Wildman–Crippen MR) is 73.6 cm³/mol. The minimum absolute atomic E-state index is 0.224. The molecule has 1 nitrogen and oxygen atoms in total. The quantitative estimate of drug-likeness (QED) is 0.784. The van der Waals surface area contributed by atoms with Crippen molar-refractivity contribution in [3.8, 4) is 0 Å². The zero-order chi connectivity index (χ0) is 14.2. The van der Waals surface area contributed by atoms with Gasteiger partial charge in [0.15, 0.2) is 0 Å². The lowest BCUT2D eigenvalue weighted by atomic mass is 9.97. The van der Waals surface area contributed by atoms with Crippen molar-refractivity contribution in [3.05, 3.63) is 35.5 Å². The van der Waals surface area contributed by atoms with Crippen molar-refractivity contribution in [2.75, 3.05) is 0 Å². The molecule has 0 radical (unpaired) electrons. The van der Waals surface area contributed by atoms with Crippen LogP contribution in [0.25, 0.3) is 10.9 Å². The predicted octanol–water partition coefficient (Wildman–Crippen LogP) is 5.31. The molecule has 1 saturated carbocycles. The monoisotopic (exact) mass is 281 g/mol. The average molecular weight is 281 g/mol. The first kappa shape index (κ1) is 13.5. The number of hydrogen-bond donors (Lipinski definition) is 1. The second-order valence-corrected chi connectivity index (χ2v) is 5.73. The fraction of sp³-hybridized carbons (Fsp3) is 0.500. The van der Waals surface area contributed by atoms with Gasteiger partial charge in [-0.1, -0.05) is 37.8 Å². The molecule has 0 saturated heterocycles. The van der Waals surface area contributed by atoms with Crippen LogP contribution in [0.1, 0.15) is 43.2 Å². The Morgan fingerprint density at radius 3 is 2.60 bits per heavy atom. The number of fused-ring (bicyclic) bond motifs is 1. The van der Waals surface area contributed by atoms with Crippen LogP contribution in [-0.4, -0.2) is 4.98 Å². The summed E-state index contributed by atoms with van der Waals surface area (Å²) < 4.78 is 38.8. The van der Waals surface area contributed by atoms with Gasteiger partial charge in [0.1, 0.15) is 0 Å². The molecule has 1 N–H and O–H groups in total. The van der Waals surface area contributed by atoms with Crippen LogP contribution in [0.5, 0.6) is 0 Å². The third-order valence-corrected chi connectivity index (χ3v) is 4.40. The lowest BCUT2D eigenvalue weighted by Crippen LogP contribution is -2.05. The van der Waals surface area contributed by atoms with E-state index in [1.807, 2.05) is 0 Å². The summed E-state index contributed by atoms with van der Waals surface area (Å²) in [4.78, 5) is 2.82. The Balaban J connectivity index is 1.85. The van der Waals surface area contributed by atoms with E-state index in [2.05, 4.69) is 4.98 Å². The summed E-state index contributed by atoms with van der Waals surface area (Å²) in [5.41, 5.74) is 0.668. The molecule has 3 rings (SSSR count). The highest BCUT2D eigenvalue weighted by Crippen LogP contribution is 2.36. The third kappa shape index (κ3) is 2.56. The van der Waals surface area contributed by atoms with Gasteiger partial charge in [-0.25, -0.2) is 0 Å². The lowest BCUT2D eigenvalue weighted by Gasteiger charge is -2.09. The summed E-state index contributed by atoms with van der Waals surface area (Å²) in [6.45, 7) is 0. The number of aromatic amines is 1. The summed E-state index contributed by atoms with van der Waals surface area (Å²) in [7, 11) is 0. The van der Waals surface area contributed by atoms with Crippen LogP contribution >= 0.6 is 0 Å². The number of para-hydroxylation sites is 1. The number of halogens is 3. The summed E-state index contributed by atoms with van der Waals surface area (Å²) in [5, 5.41) is 0.720. The molecule has 0 amide bonds. The van der Waals surface area contributed by atoms with E-state index >= 15 is 0 Å². The Morgan fingerprint density at radius 2 is 1.90 bits per heavy atom. The maximum Gasteiger partial charge on any atom is 0.418 e. The van der Waals surface area contributed by atoms with Gasteiger partial charge in [0.2, 0.25) is 0 Å². The minimum Gasteiger partial charge on any atom is -0.360 e. The third-order valence-electron chi connectivity index (χ3n) is 4.40. The maximum atomic E-state index is 12.9. The summed E-state index contributed by atoms with van der Waals surface area (Å²) >= 11 is 0. The Hall–Kier alpha value is -1.45. The molecule has 108 valence electrons. The second kappa shape index (κ2) is 5.15. The van der Waals surface area contributed by atoms with E-state index in [-0.39, 0.29) is 5.52 Å². The smallest absolute Gasteiger partial charge is 0.360 e. The summed E-state index contributed by atoms with van der Waals surface area (Å²) in [6.07, 6.45) is 4.55. The van der Waals surface area contributed by atoms with E-state index in [1.54, 1.807) is 12.3 Å². The first-order valence-corrected chi connectivity index (χ1v) is 7.22. The number of rotatable bonds is 3. The molecule has 0 bridgehead atoms. The molecular weight excluding hydrogens is 263 g/mol. The van der Waals surface area contributed by atoms with E-state index in [1.165, 1.54) is 31.7 Å². The van der Waals surface area contributed by atoms with E-state index in [4.69, 9.17) is 0 Å². The van der Waals surface area contributed by atoms with Crippen molar-refractivity contribution in [1.82, 2.24) is 4.98 Å². The molecule has 20 heavy (non-hydrogen) atoms. The van der Waals surface area contributed by atoms with Crippen LogP contribution in [0.15, 0.2) is 24.4 Å². The van der Waals surface area contributed by atoms with Crippen molar-refractivity contribution in [2.45, 2.75) is 44.7 Å². The normalized spacial score (nSPS) is 17.1. The van der Waals surface area contributed by atoms with Gasteiger partial charge in [0.05, 0.1) is 11.1 Å². The molecule has 1 aliphatic rings. The number of alkyl halides is 3. The van der Waals surface area contributed by atoms with Crippen LogP contribution < -0.4 is 0 Å². The van der Waals surface area contributed by atoms with Crippen molar-refractivity contribution < 1.29 is 13.2 Å². The van der Waals surface area contributed by atoms with Crippen molar-refractivity contribution in [1.29, 1.82) is 0 Å². The number of H-pyrrole nitrogens is 1. The molecule has 0 atom stereocenters. The highest BCUT2D eigenvalue weighted by atomic mass is 19.4. The minimum atomic E-state index is -4.30. The number of benzene rings is 1. The van der Waals surface area contributed by atoms with Crippen LogP contribution in [0.2, 0.25) is 0 Å². The molecule has 0 unspecified atom stereocenters.